The average Bonchev–Trinajstić information content (AvgIpc) is 2.62. The van der Waals surface area contributed by atoms with E-state index < -0.39 is 28.8 Å². The van der Waals surface area contributed by atoms with E-state index in [9.17, 15) is 13.8 Å². The van der Waals surface area contributed by atoms with Crippen molar-refractivity contribution < 1.29 is 23.3 Å². The molecular formula is C18H19NO5S. The zero-order chi connectivity index (χ0) is 18.4. The third-order valence-electron chi connectivity index (χ3n) is 3.43. The van der Waals surface area contributed by atoms with Crippen LogP contribution in [-0.2, 0) is 20.3 Å². The Morgan fingerprint density at radius 2 is 1.72 bits per heavy atom. The average molecular weight is 361 g/mol. The highest BCUT2D eigenvalue weighted by atomic mass is 32.2. The van der Waals surface area contributed by atoms with E-state index in [1.165, 1.54) is 19.2 Å². The van der Waals surface area contributed by atoms with E-state index in [0.717, 1.165) is 0 Å². The summed E-state index contributed by atoms with van der Waals surface area (Å²) < 4.78 is 21.9. The third kappa shape index (κ3) is 4.90. The number of amides is 1. The van der Waals surface area contributed by atoms with Gasteiger partial charge in [-0.3, -0.25) is 9.00 Å². The number of anilines is 1. The lowest BCUT2D eigenvalue weighted by atomic mass is 10.2. The van der Waals surface area contributed by atoms with Crippen LogP contribution < -0.4 is 10.1 Å². The fourth-order valence-corrected chi connectivity index (χ4v) is 2.81. The Morgan fingerprint density at radius 3 is 2.32 bits per heavy atom. The molecule has 1 amide bonds. The van der Waals surface area contributed by atoms with Crippen LogP contribution in [0.2, 0.25) is 0 Å². The molecule has 0 bridgehead atoms. The molecule has 0 heterocycles. The Kier molecular flexibility index (Phi) is 6.30. The Hall–Kier alpha value is -2.67. The third-order valence-corrected chi connectivity index (χ3v) is 4.40. The van der Waals surface area contributed by atoms with E-state index in [0.29, 0.717) is 16.3 Å². The predicted molar refractivity (Wildman–Crippen MR) is 95.3 cm³/mol. The van der Waals surface area contributed by atoms with E-state index in [1.54, 1.807) is 49.6 Å². The van der Waals surface area contributed by atoms with Crippen molar-refractivity contribution in [3.05, 3.63) is 54.1 Å². The first-order chi connectivity index (χ1) is 11.9. The number of hydrogen-bond donors (Lipinski definition) is 1. The van der Waals surface area contributed by atoms with Gasteiger partial charge in [0.2, 0.25) is 0 Å². The minimum atomic E-state index is -1.33. The van der Waals surface area contributed by atoms with Crippen LogP contribution >= 0.6 is 0 Å². The first kappa shape index (κ1) is 18.7. The summed E-state index contributed by atoms with van der Waals surface area (Å²) in [5.74, 6) is -0.488. The highest BCUT2D eigenvalue weighted by Gasteiger charge is 2.21. The second-order valence-corrected chi connectivity index (χ2v) is 6.56. The molecule has 25 heavy (non-hydrogen) atoms. The van der Waals surface area contributed by atoms with Crippen molar-refractivity contribution in [2.75, 3.05) is 18.7 Å². The number of carbonyl (C=O) groups excluding carboxylic acids is 2. The van der Waals surface area contributed by atoms with E-state index >= 15 is 0 Å². The molecule has 0 aliphatic rings. The number of rotatable bonds is 6. The van der Waals surface area contributed by atoms with Crippen LogP contribution in [0.25, 0.3) is 0 Å². The molecule has 0 saturated carbocycles. The molecule has 2 rings (SSSR count). The summed E-state index contributed by atoms with van der Waals surface area (Å²) in [6.45, 7) is 1.47. The Labute approximate surface area is 148 Å². The molecular weight excluding hydrogens is 342 g/mol. The predicted octanol–water partition coefficient (Wildman–Crippen LogP) is 2.62. The van der Waals surface area contributed by atoms with Gasteiger partial charge in [0.15, 0.2) is 6.10 Å². The largest absolute Gasteiger partial charge is 0.497 e. The van der Waals surface area contributed by atoms with Crippen molar-refractivity contribution in [2.24, 2.45) is 0 Å². The number of ether oxygens (including phenoxy) is 2. The van der Waals surface area contributed by atoms with Gasteiger partial charge < -0.3 is 14.8 Å². The zero-order valence-electron chi connectivity index (χ0n) is 14.1. The number of esters is 1. The van der Waals surface area contributed by atoms with Crippen molar-refractivity contribution in [3.8, 4) is 5.75 Å². The van der Waals surface area contributed by atoms with E-state index in [2.05, 4.69) is 5.32 Å². The van der Waals surface area contributed by atoms with Gasteiger partial charge in [0.05, 0.1) is 28.4 Å². The van der Waals surface area contributed by atoms with E-state index in [1.807, 2.05) is 0 Å². The van der Waals surface area contributed by atoms with Crippen molar-refractivity contribution in [3.63, 3.8) is 0 Å². The van der Waals surface area contributed by atoms with Crippen LogP contribution in [0.1, 0.15) is 17.3 Å². The van der Waals surface area contributed by atoms with Gasteiger partial charge in [-0.25, -0.2) is 4.79 Å². The van der Waals surface area contributed by atoms with Crippen molar-refractivity contribution >= 4 is 28.4 Å². The lowest BCUT2D eigenvalue weighted by Gasteiger charge is -2.14. The minimum Gasteiger partial charge on any atom is -0.497 e. The lowest BCUT2D eigenvalue weighted by Crippen LogP contribution is -2.30. The van der Waals surface area contributed by atoms with Gasteiger partial charge >= 0.3 is 5.97 Å². The van der Waals surface area contributed by atoms with Gasteiger partial charge in [-0.1, -0.05) is 12.1 Å². The molecule has 0 fully saturated rings. The monoisotopic (exact) mass is 361 g/mol. The standard InChI is InChI=1S/C18H19NO5S/c1-12(17(20)19-13-8-10-14(23-2)11-9-13)24-18(21)15-6-4-5-7-16(15)25(3)22/h4-12H,1-3H3,(H,19,20)/t12-,25+/m0/s1. The van der Waals surface area contributed by atoms with Crippen LogP contribution in [-0.4, -0.2) is 35.6 Å². The molecule has 2 aromatic carbocycles. The second kappa shape index (κ2) is 8.43. The summed E-state index contributed by atoms with van der Waals surface area (Å²) in [7, 11) is 0.217. The maximum Gasteiger partial charge on any atom is 0.340 e. The number of nitrogens with one attached hydrogen (secondary N) is 1. The molecule has 0 aromatic heterocycles. The fourth-order valence-electron chi connectivity index (χ4n) is 2.08. The fraction of sp³-hybridized carbons (Fsp3) is 0.222. The van der Waals surface area contributed by atoms with Crippen LogP contribution in [0.5, 0.6) is 5.75 Å². The summed E-state index contributed by atoms with van der Waals surface area (Å²) in [5, 5.41) is 2.66. The number of methoxy groups -OCH3 is 1. The maximum atomic E-state index is 12.3. The summed E-state index contributed by atoms with van der Waals surface area (Å²) in [6, 6.07) is 13.2. The second-order valence-electron chi connectivity index (χ2n) is 5.22. The molecule has 2 atom stereocenters. The van der Waals surface area contributed by atoms with Gasteiger partial charge in [0.1, 0.15) is 5.75 Å². The van der Waals surface area contributed by atoms with Gasteiger partial charge in [-0.05, 0) is 43.3 Å². The van der Waals surface area contributed by atoms with Crippen LogP contribution in [0.15, 0.2) is 53.4 Å². The highest BCUT2D eigenvalue weighted by Crippen LogP contribution is 2.17. The molecule has 6 nitrogen and oxygen atoms in total. The molecule has 2 aromatic rings. The van der Waals surface area contributed by atoms with E-state index in [4.69, 9.17) is 9.47 Å². The molecule has 0 saturated heterocycles. The van der Waals surface area contributed by atoms with Gasteiger partial charge in [0.25, 0.3) is 5.91 Å². The first-order valence-corrected chi connectivity index (χ1v) is 9.06. The van der Waals surface area contributed by atoms with Crippen LogP contribution in [0.4, 0.5) is 5.69 Å². The van der Waals surface area contributed by atoms with E-state index in [-0.39, 0.29) is 5.56 Å². The molecule has 1 N–H and O–H groups in total. The zero-order valence-corrected chi connectivity index (χ0v) is 15.0. The smallest absolute Gasteiger partial charge is 0.340 e. The van der Waals surface area contributed by atoms with Gasteiger partial charge in [-0.15, -0.1) is 0 Å². The molecule has 7 heteroatoms. The van der Waals surface area contributed by atoms with Crippen molar-refractivity contribution in [1.82, 2.24) is 0 Å². The van der Waals surface area contributed by atoms with Crippen molar-refractivity contribution in [1.29, 1.82) is 0 Å². The maximum absolute atomic E-state index is 12.3. The Balaban J connectivity index is 2.03. The normalized spacial score (nSPS) is 12.8. The Morgan fingerprint density at radius 1 is 1.08 bits per heavy atom. The Bertz CT molecular complexity index is 788. The van der Waals surface area contributed by atoms with Crippen LogP contribution in [0.3, 0.4) is 0 Å². The summed E-state index contributed by atoms with van der Waals surface area (Å²) in [5.41, 5.74) is 0.746. The number of benzene rings is 2. The van der Waals surface area contributed by atoms with Gasteiger partial charge in [0, 0.05) is 11.9 Å². The topological polar surface area (TPSA) is 81.7 Å². The lowest BCUT2D eigenvalue weighted by molar-refractivity contribution is -0.123. The van der Waals surface area contributed by atoms with Gasteiger partial charge in [-0.2, -0.15) is 0 Å². The van der Waals surface area contributed by atoms with Crippen LogP contribution in [0, 0.1) is 0 Å². The molecule has 0 unspecified atom stereocenters. The minimum absolute atomic E-state index is 0.187. The molecule has 0 aliphatic carbocycles. The number of hydrogen-bond acceptors (Lipinski definition) is 5. The number of carbonyl (C=O) groups is 2. The summed E-state index contributed by atoms with van der Waals surface area (Å²) in [6.07, 6.45) is 0.472. The summed E-state index contributed by atoms with van der Waals surface area (Å²) in [4.78, 5) is 24.8. The van der Waals surface area contributed by atoms with Crippen molar-refractivity contribution in [2.45, 2.75) is 17.9 Å². The first-order valence-electron chi connectivity index (χ1n) is 7.50. The molecule has 0 spiro atoms. The quantitative estimate of drug-likeness (QED) is 0.800. The molecule has 0 radical (unpaired) electrons. The summed E-state index contributed by atoms with van der Waals surface area (Å²) >= 11 is 0. The molecule has 0 aliphatic heterocycles. The highest BCUT2D eigenvalue weighted by molar-refractivity contribution is 7.84. The molecule has 132 valence electrons. The SMILES string of the molecule is COc1ccc(NC(=O)[C@H](C)OC(=O)c2ccccc2[S@@](C)=O)cc1.